The Kier molecular flexibility index (Phi) is 4.26. The van der Waals surface area contributed by atoms with Crippen molar-refractivity contribution < 1.29 is 0 Å². The van der Waals surface area contributed by atoms with Crippen LogP contribution in [-0.4, -0.2) is 6.54 Å². The van der Waals surface area contributed by atoms with Crippen LogP contribution in [0.15, 0.2) is 48.5 Å². The Hall–Kier alpha value is -1.02. The van der Waals surface area contributed by atoms with Crippen LogP contribution in [0.5, 0.6) is 0 Å². The van der Waals surface area contributed by atoms with Gasteiger partial charge in [0, 0.05) is 11.5 Å². The molecule has 1 aliphatic rings. The lowest BCUT2D eigenvalue weighted by atomic mass is 9.83. The summed E-state index contributed by atoms with van der Waals surface area (Å²) >= 11 is 12.7. The first-order valence-electron chi connectivity index (χ1n) is 7.42. The number of benzene rings is 2. The molecule has 0 bridgehead atoms. The summed E-state index contributed by atoms with van der Waals surface area (Å²) in [5.74, 6) is 0. The lowest BCUT2D eigenvalue weighted by Crippen LogP contribution is -2.32. The highest BCUT2D eigenvalue weighted by Crippen LogP contribution is 2.57. The fourth-order valence-corrected chi connectivity index (χ4v) is 3.62. The molecule has 0 amide bonds. The molecule has 1 unspecified atom stereocenters. The zero-order valence-electron chi connectivity index (χ0n) is 12.1. The van der Waals surface area contributed by atoms with Crippen LogP contribution in [0.3, 0.4) is 0 Å². The molecule has 3 heteroatoms. The van der Waals surface area contributed by atoms with E-state index in [1.54, 1.807) is 0 Å². The van der Waals surface area contributed by atoms with Crippen molar-refractivity contribution in [3.05, 3.63) is 69.7 Å². The Labute approximate surface area is 136 Å². The summed E-state index contributed by atoms with van der Waals surface area (Å²) in [6, 6.07) is 16.8. The molecule has 1 nitrogen and oxygen atoms in total. The van der Waals surface area contributed by atoms with E-state index >= 15 is 0 Å². The van der Waals surface area contributed by atoms with Crippen molar-refractivity contribution in [3.63, 3.8) is 0 Å². The van der Waals surface area contributed by atoms with Crippen molar-refractivity contribution in [2.75, 3.05) is 6.54 Å². The molecule has 1 aliphatic carbocycles. The van der Waals surface area contributed by atoms with Crippen molar-refractivity contribution in [2.24, 2.45) is 0 Å². The van der Waals surface area contributed by atoms with E-state index in [2.05, 4.69) is 48.6 Å². The molecule has 1 fully saturated rings. The van der Waals surface area contributed by atoms with Gasteiger partial charge in [0.25, 0.3) is 0 Å². The van der Waals surface area contributed by atoms with Gasteiger partial charge in [-0.1, -0.05) is 72.6 Å². The van der Waals surface area contributed by atoms with Gasteiger partial charge in [0.05, 0.1) is 10.0 Å². The second-order valence-corrected chi connectivity index (χ2v) is 6.44. The number of hydrogen-bond acceptors (Lipinski definition) is 1. The smallest absolute Gasteiger partial charge is 0.0640 e. The summed E-state index contributed by atoms with van der Waals surface area (Å²) in [6.45, 7) is 3.04. The van der Waals surface area contributed by atoms with Crippen LogP contribution in [0.4, 0.5) is 0 Å². The predicted octanol–water partition coefficient (Wildman–Crippen LogP) is 5.38. The summed E-state index contributed by atoms with van der Waals surface area (Å²) in [7, 11) is 0. The van der Waals surface area contributed by atoms with Crippen LogP contribution in [0.2, 0.25) is 10.0 Å². The van der Waals surface area contributed by atoms with Gasteiger partial charge >= 0.3 is 0 Å². The second kappa shape index (κ2) is 6.00. The third-order valence-corrected chi connectivity index (χ3v) is 5.22. The number of rotatable bonds is 5. The van der Waals surface area contributed by atoms with Gasteiger partial charge in [-0.15, -0.1) is 0 Å². The van der Waals surface area contributed by atoms with Crippen molar-refractivity contribution in [1.29, 1.82) is 0 Å². The summed E-state index contributed by atoms with van der Waals surface area (Å²) in [5, 5.41) is 4.92. The minimum Gasteiger partial charge on any atom is -0.309 e. The Bertz CT molecular complexity index is 620. The molecule has 110 valence electrons. The first-order valence-corrected chi connectivity index (χ1v) is 8.17. The van der Waals surface area contributed by atoms with E-state index in [-0.39, 0.29) is 11.5 Å². The van der Waals surface area contributed by atoms with E-state index in [4.69, 9.17) is 23.2 Å². The third-order valence-electron chi connectivity index (χ3n) is 4.39. The van der Waals surface area contributed by atoms with E-state index < -0.39 is 0 Å². The molecule has 1 atom stereocenters. The molecular weight excluding hydrogens is 301 g/mol. The van der Waals surface area contributed by atoms with E-state index in [0.29, 0.717) is 10.0 Å². The molecule has 0 saturated heterocycles. The van der Waals surface area contributed by atoms with E-state index in [9.17, 15) is 0 Å². The van der Waals surface area contributed by atoms with Gasteiger partial charge in [-0.2, -0.15) is 0 Å². The van der Waals surface area contributed by atoms with Gasteiger partial charge in [-0.25, -0.2) is 0 Å². The number of halogens is 2. The Balaban J connectivity index is 2.05. The highest BCUT2D eigenvalue weighted by molar-refractivity contribution is 6.42. The monoisotopic (exact) mass is 319 g/mol. The molecule has 2 aromatic rings. The SMILES string of the molecule is CCNC(c1cccc(Cl)c1Cl)C1(c2ccccc2)CC1. The van der Waals surface area contributed by atoms with Gasteiger partial charge in [-0.05, 0) is 36.6 Å². The predicted molar refractivity (Wildman–Crippen MR) is 90.2 cm³/mol. The highest BCUT2D eigenvalue weighted by atomic mass is 35.5. The molecule has 1 N–H and O–H groups in total. The lowest BCUT2D eigenvalue weighted by molar-refractivity contribution is 0.439. The van der Waals surface area contributed by atoms with E-state index in [0.717, 1.165) is 12.1 Å². The summed E-state index contributed by atoms with van der Waals surface area (Å²) in [5.41, 5.74) is 2.63. The van der Waals surface area contributed by atoms with Gasteiger partial charge < -0.3 is 5.32 Å². The number of hydrogen-bond donors (Lipinski definition) is 1. The van der Waals surface area contributed by atoms with Crippen LogP contribution < -0.4 is 5.32 Å². The average Bonchev–Trinajstić information content (AvgIpc) is 3.31. The van der Waals surface area contributed by atoms with Crippen molar-refractivity contribution in [1.82, 2.24) is 5.32 Å². The average molecular weight is 320 g/mol. The molecule has 21 heavy (non-hydrogen) atoms. The molecule has 0 aliphatic heterocycles. The summed E-state index contributed by atoms with van der Waals surface area (Å²) in [4.78, 5) is 0. The van der Waals surface area contributed by atoms with E-state index in [1.165, 1.54) is 18.4 Å². The minimum absolute atomic E-state index is 0.144. The van der Waals surface area contributed by atoms with Gasteiger partial charge in [0.1, 0.15) is 0 Å². The van der Waals surface area contributed by atoms with Gasteiger partial charge in [-0.3, -0.25) is 0 Å². The number of nitrogens with one attached hydrogen (secondary N) is 1. The lowest BCUT2D eigenvalue weighted by Gasteiger charge is -2.30. The van der Waals surface area contributed by atoms with Crippen molar-refractivity contribution in [3.8, 4) is 0 Å². The molecule has 2 aromatic carbocycles. The van der Waals surface area contributed by atoms with Crippen LogP contribution in [0, 0.1) is 0 Å². The molecule has 0 aromatic heterocycles. The molecule has 3 rings (SSSR count). The molecular formula is C18H19Cl2N. The standard InChI is InChI=1S/C18H19Cl2N/c1-2-21-17(14-9-6-10-15(19)16(14)20)18(11-12-18)13-7-4-3-5-8-13/h3-10,17,21H,2,11-12H2,1H3. The van der Waals surface area contributed by atoms with Crippen molar-refractivity contribution in [2.45, 2.75) is 31.2 Å². The summed E-state index contributed by atoms with van der Waals surface area (Å²) < 4.78 is 0. The highest BCUT2D eigenvalue weighted by Gasteiger charge is 2.51. The second-order valence-electron chi connectivity index (χ2n) is 5.66. The fourth-order valence-electron chi connectivity index (χ4n) is 3.20. The van der Waals surface area contributed by atoms with Crippen LogP contribution in [0.25, 0.3) is 0 Å². The Morgan fingerprint density at radius 3 is 2.38 bits per heavy atom. The van der Waals surface area contributed by atoms with Crippen LogP contribution in [-0.2, 0) is 5.41 Å². The summed E-state index contributed by atoms with van der Waals surface area (Å²) in [6.07, 6.45) is 2.36. The largest absolute Gasteiger partial charge is 0.309 e. The van der Waals surface area contributed by atoms with E-state index in [1.807, 2.05) is 12.1 Å². The Morgan fingerprint density at radius 2 is 1.76 bits per heavy atom. The van der Waals surface area contributed by atoms with Gasteiger partial charge in [0.2, 0.25) is 0 Å². The fraction of sp³-hybridized carbons (Fsp3) is 0.333. The molecule has 0 spiro atoms. The van der Waals surface area contributed by atoms with Crippen LogP contribution >= 0.6 is 23.2 Å². The first-order chi connectivity index (χ1) is 10.2. The topological polar surface area (TPSA) is 12.0 Å². The maximum atomic E-state index is 6.47. The quantitative estimate of drug-likeness (QED) is 0.780. The third kappa shape index (κ3) is 2.70. The van der Waals surface area contributed by atoms with Gasteiger partial charge in [0.15, 0.2) is 0 Å². The maximum absolute atomic E-state index is 6.47. The van der Waals surface area contributed by atoms with Crippen molar-refractivity contribution >= 4 is 23.2 Å². The van der Waals surface area contributed by atoms with Crippen LogP contribution in [0.1, 0.15) is 36.9 Å². The molecule has 1 saturated carbocycles. The zero-order chi connectivity index (χ0) is 14.9. The zero-order valence-corrected chi connectivity index (χ0v) is 13.6. The minimum atomic E-state index is 0.144. The molecule has 0 heterocycles. The maximum Gasteiger partial charge on any atom is 0.0640 e. The number of likely N-dealkylation sites (N-methyl/N-ethyl adjacent to an activating group) is 1. The normalized spacial score (nSPS) is 17.5. The Morgan fingerprint density at radius 1 is 1.05 bits per heavy atom. The first kappa shape index (κ1) is 14.9. The molecule has 0 radical (unpaired) electrons.